The van der Waals surface area contributed by atoms with Crippen molar-refractivity contribution in [1.82, 2.24) is 9.78 Å². The van der Waals surface area contributed by atoms with E-state index in [9.17, 15) is 5.11 Å². The second-order valence-electron chi connectivity index (χ2n) is 5.96. The molecule has 0 saturated heterocycles. The van der Waals surface area contributed by atoms with E-state index < -0.39 is 0 Å². The lowest BCUT2D eigenvalue weighted by Crippen LogP contribution is -1.98. The van der Waals surface area contributed by atoms with Crippen LogP contribution in [0, 0.1) is 0 Å². The molecule has 3 nitrogen and oxygen atoms in total. The highest BCUT2D eigenvalue weighted by Gasteiger charge is 2.13. The highest BCUT2D eigenvalue weighted by Crippen LogP contribution is 2.31. The van der Waals surface area contributed by atoms with Crippen LogP contribution < -0.4 is 0 Å². The van der Waals surface area contributed by atoms with E-state index >= 15 is 0 Å². The molecule has 0 saturated carbocycles. The molecule has 0 aliphatic rings. The molecule has 0 bridgehead atoms. The largest absolute Gasteiger partial charge is 0.507 e. The Bertz CT molecular complexity index is 1030. The highest BCUT2D eigenvalue weighted by atomic mass is 16.3. The average Bonchev–Trinajstić information content (AvgIpc) is 3.12. The minimum Gasteiger partial charge on any atom is -0.507 e. The summed E-state index contributed by atoms with van der Waals surface area (Å²) in [5.41, 5.74) is 4.50. The van der Waals surface area contributed by atoms with Gasteiger partial charge in [0.15, 0.2) is 0 Å². The summed E-state index contributed by atoms with van der Waals surface area (Å²) < 4.78 is 1.86. The molecule has 0 unspecified atom stereocenters. The molecule has 0 aliphatic carbocycles. The van der Waals surface area contributed by atoms with Gasteiger partial charge in [0.1, 0.15) is 5.75 Å². The second-order valence-corrected chi connectivity index (χ2v) is 5.96. The maximum atomic E-state index is 10.3. The van der Waals surface area contributed by atoms with E-state index in [1.54, 1.807) is 6.07 Å². The van der Waals surface area contributed by atoms with Crippen LogP contribution in [-0.2, 0) is 0 Å². The lowest BCUT2D eigenvalue weighted by Gasteiger charge is -2.08. The number of phenols is 1. The summed E-state index contributed by atoms with van der Waals surface area (Å²) >= 11 is 0. The van der Waals surface area contributed by atoms with Gasteiger partial charge in [-0.3, -0.25) is 0 Å². The summed E-state index contributed by atoms with van der Waals surface area (Å²) in [4.78, 5) is 0. The van der Waals surface area contributed by atoms with Gasteiger partial charge in [-0.05, 0) is 42.0 Å². The number of aromatic nitrogens is 2. The Morgan fingerprint density at radius 2 is 1.38 bits per heavy atom. The molecule has 4 aromatic rings. The predicted octanol–water partition coefficient (Wildman–Crippen LogP) is 5.42. The highest BCUT2D eigenvalue weighted by molar-refractivity contribution is 5.74. The van der Waals surface area contributed by atoms with E-state index in [-0.39, 0.29) is 5.75 Å². The molecule has 0 spiro atoms. The first-order valence-electron chi connectivity index (χ1n) is 8.48. The van der Waals surface area contributed by atoms with Crippen LogP contribution in [0.1, 0.15) is 11.3 Å². The zero-order chi connectivity index (χ0) is 17.8. The smallest absolute Gasteiger partial charge is 0.124 e. The number of nitrogens with zero attached hydrogens (tertiary/aromatic N) is 2. The molecule has 0 radical (unpaired) electrons. The zero-order valence-corrected chi connectivity index (χ0v) is 14.2. The summed E-state index contributed by atoms with van der Waals surface area (Å²) in [5.74, 6) is 0.239. The number of hydrogen-bond acceptors (Lipinski definition) is 2. The lowest BCUT2D eigenvalue weighted by atomic mass is 10.1. The summed E-state index contributed by atoms with van der Waals surface area (Å²) in [7, 11) is 0. The Morgan fingerprint density at radius 1 is 0.731 bits per heavy atom. The molecule has 3 heteroatoms. The maximum Gasteiger partial charge on any atom is 0.124 e. The molecule has 1 aromatic heterocycles. The fourth-order valence-electron chi connectivity index (χ4n) is 2.87. The molecule has 0 amide bonds. The van der Waals surface area contributed by atoms with Gasteiger partial charge < -0.3 is 5.11 Å². The Kier molecular flexibility index (Phi) is 4.35. The number of para-hydroxylation sites is 2. The van der Waals surface area contributed by atoms with Crippen LogP contribution in [0.25, 0.3) is 29.1 Å². The van der Waals surface area contributed by atoms with Crippen molar-refractivity contribution in [3.8, 4) is 22.7 Å². The van der Waals surface area contributed by atoms with Crippen LogP contribution in [0.4, 0.5) is 0 Å². The van der Waals surface area contributed by atoms with Gasteiger partial charge in [0.2, 0.25) is 0 Å². The molecule has 0 fully saturated rings. The third-order valence-corrected chi connectivity index (χ3v) is 4.16. The fraction of sp³-hybridized carbons (Fsp3) is 0. The van der Waals surface area contributed by atoms with Crippen LogP contribution in [0.5, 0.6) is 5.75 Å². The lowest BCUT2D eigenvalue weighted by molar-refractivity contribution is 0.477. The standard InChI is InChI=1S/C23H18N2O/c26-23-14-8-7-13-21(23)22-17-19(16-15-18-9-3-1-4-10-18)24-25(22)20-11-5-2-6-12-20/h1-17,26H/b16-15+. The zero-order valence-electron chi connectivity index (χ0n) is 14.2. The number of aromatic hydroxyl groups is 1. The SMILES string of the molecule is Oc1ccccc1-c1cc(/C=C/c2ccccc2)nn1-c1ccccc1. The molecule has 3 aromatic carbocycles. The Balaban J connectivity index is 1.81. The first-order chi connectivity index (χ1) is 12.8. The van der Waals surface area contributed by atoms with Gasteiger partial charge >= 0.3 is 0 Å². The van der Waals surface area contributed by atoms with Crippen molar-refractivity contribution in [2.24, 2.45) is 0 Å². The van der Waals surface area contributed by atoms with Gasteiger partial charge in [-0.25, -0.2) is 4.68 Å². The van der Waals surface area contributed by atoms with Crippen molar-refractivity contribution in [2.45, 2.75) is 0 Å². The van der Waals surface area contributed by atoms with Gasteiger partial charge in [0.25, 0.3) is 0 Å². The molecule has 0 atom stereocenters. The summed E-state index contributed by atoms with van der Waals surface area (Å²) in [6.45, 7) is 0. The topological polar surface area (TPSA) is 38.1 Å². The van der Waals surface area contributed by atoms with Crippen molar-refractivity contribution in [3.05, 3.63) is 102 Å². The van der Waals surface area contributed by atoms with Gasteiger partial charge in [0.05, 0.1) is 17.1 Å². The van der Waals surface area contributed by atoms with E-state index in [0.717, 1.165) is 28.2 Å². The number of hydrogen-bond donors (Lipinski definition) is 1. The Labute approximate surface area is 152 Å². The maximum absolute atomic E-state index is 10.3. The number of rotatable bonds is 4. The second kappa shape index (κ2) is 7.11. The van der Waals surface area contributed by atoms with Gasteiger partial charge in [0, 0.05) is 5.56 Å². The van der Waals surface area contributed by atoms with E-state index in [0.29, 0.717) is 0 Å². The number of benzene rings is 3. The first-order valence-corrected chi connectivity index (χ1v) is 8.48. The summed E-state index contributed by atoms with van der Waals surface area (Å²) in [5, 5.41) is 15.0. The normalized spacial score (nSPS) is 11.1. The van der Waals surface area contributed by atoms with E-state index in [2.05, 4.69) is 12.1 Å². The van der Waals surface area contributed by atoms with E-state index in [4.69, 9.17) is 5.10 Å². The van der Waals surface area contributed by atoms with Crippen LogP contribution >= 0.6 is 0 Å². The predicted molar refractivity (Wildman–Crippen MR) is 106 cm³/mol. The fourth-order valence-corrected chi connectivity index (χ4v) is 2.87. The third-order valence-electron chi connectivity index (χ3n) is 4.16. The summed E-state index contributed by atoms with van der Waals surface area (Å²) in [6, 6.07) is 29.4. The summed E-state index contributed by atoms with van der Waals surface area (Å²) in [6.07, 6.45) is 4.02. The van der Waals surface area contributed by atoms with Crippen molar-refractivity contribution >= 4 is 12.2 Å². The van der Waals surface area contributed by atoms with Crippen LogP contribution in [0.3, 0.4) is 0 Å². The van der Waals surface area contributed by atoms with Crippen LogP contribution in [0.15, 0.2) is 91.0 Å². The van der Waals surface area contributed by atoms with Crippen molar-refractivity contribution < 1.29 is 5.11 Å². The van der Waals surface area contributed by atoms with Crippen LogP contribution in [-0.4, -0.2) is 14.9 Å². The molecule has 26 heavy (non-hydrogen) atoms. The van der Waals surface area contributed by atoms with Gasteiger partial charge in [-0.1, -0.05) is 66.7 Å². The van der Waals surface area contributed by atoms with Crippen molar-refractivity contribution in [1.29, 1.82) is 0 Å². The van der Waals surface area contributed by atoms with Crippen LogP contribution in [0.2, 0.25) is 0 Å². The Morgan fingerprint density at radius 3 is 2.12 bits per heavy atom. The van der Waals surface area contributed by atoms with Gasteiger partial charge in [-0.2, -0.15) is 5.10 Å². The van der Waals surface area contributed by atoms with Gasteiger partial charge in [-0.15, -0.1) is 0 Å². The Hall–Kier alpha value is -3.59. The molecule has 1 heterocycles. The first kappa shape index (κ1) is 15.9. The monoisotopic (exact) mass is 338 g/mol. The molecule has 4 rings (SSSR count). The minimum atomic E-state index is 0.239. The van der Waals surface area contributed by atoms with Crippen molar-refractivity contribution in [3.63, 3.8) is 0 Å². The molecule has 1 N–H and O–H groups in total. The molecule has 126 valence electrons. The quantitative estimate of drug-likeness (QED) is 0.540. The van der Waals surface area contributed by atoms with Crippen molar-refractivity contribution in [2.75, 3.05) is 0 Å². The molecule has 0 aliphatic heterocycles. The van der Waals surface area contributed by atoms with E-state index in [1.165, 1.54) is 0 Å². The average molecular weight is 338 g/mol. The number of phenolic OH excluding ortho intramolecular Hbond substituents is 1. The van der Waals surface area contributed by atoms with E-state index in [1.807, 2.05) is 89.6 Å². The minimum absolute atomic E-state index is 0.239. The molecular formula is C23H18N2O. The molecular weight excluding hydrogens is 320 g/mol. The third kappa shape index (κ3) is 3.28.